The van der Waals surface area contributed by atoms with Gasteiger partial charge in [0, 0.05) is 31.0 Å². The molecule has 7 heteroatoms. The topological polar surface area (TPSA) is 84.2 Å². The third-order valence-electron chi connectivity index (χ3n) is 4.69. The van der Waals surface area contributed by atoms with E-state index in [-0.39, 0.29) is 24.0 Å². The Balaban J connectivity index is 1.61. The summed E-state index contributed by atoms with van der Waals surface area (Å²) >= 11 is 1.33. The molecule has 3 rings (SSSR count). The summed E-state index contributed by atoms with van der Waals surface area (Å²) in [5.74, 6) is 0.171. The second kappa shape index (κ2) is 9.19. The molecule has 0 unspecified atom stereocenters. The number of carbonyl (C=O) groups excluding carboxylic acids is 1. The zero-order valence-electron chi connectivity index (χ0n) is 15.5. The maximum absolute atomic E-state index is 12.3. The third-order valence-corrected chi connectivity index (χ3v) is 5.71. The van der Waals surface area contributed by atoms with Crippen molar-refractivity contribution in [3.05, 3.63) is 57.1 Å². The summed E-state index contributed by atoms with van der Waals surface area (Å²) < 4.78 is 1.68. The minimum atomic E-state index is -0.285. The van der Waals surface area contributed by atoms with Crippen molar-refractivity contribution in [2.45, 2.75) is 50.7 Å². The number of thioether (sulfide) groups is 1. The average molecular weight is 388 g/mol. The second-order valence-electron chi connectivity index (χ2n) is 6.76. The predicted molar refractivity (Wildman–Crippen MR) is 106 cm³/mol. The lowest BCUT2D eigenvalue weighted by molar-refractivity contribution is -0.118. The minimum Gasteiger partial charge on any atom is -0.396 e. The Labute approximate surface area is 163 Å². The van der Waals surface area contributed by atoms with Gasteiger partial charge in [-0.15, -0.1) is 0 Å². The van der Waals surface area contributed by atoms with E-state index in [1.54, 1.807) is 4.57 Å². The van der Waals surface area contributed by atoms with E-state index in [2.05, 4.69) is 10.3 Å². The predicted octanol–water partition coefficient (Wildman–Crippen LogP) is 1.83. The Morgan fingerprint density at radius 2 is 2.07 bits per heavy atom. The highest BCUT2D eigenvalue weighted by Gasteiger charge is 2.22. The molecule has 1 aromatic carbocycles. The molecule has 1 aliphatic rings. The Kier molecular flexibility index (Phi) is 6.68. The Morgan fingerprint density at radius 1 is 1.30 bits per heavy atom. The molecule has 2 aromatic rings. The zero-order chi connectivity index (χ0) is 19.2. The molecular weight excluding hydrogens is 362 g/mol. The van der Waals surface area contributed by atoms with Crippen molar-refractivity contribution in [1.29, 1.82) is 0 Å². The fraction of sp³-hybridized carbons (Fsp3) is 0.450. The molecule has 27 heavy (non-hydrogen) atoms. The van der Waals surface area contributed by atoms with Crippen LogP contribution in [0.3, 0.4) is 0 Å². The number of nitrogens with one attached hydrogen (secondary N) is 1. The Hall–Kier alpha value is -2.12. The number of aliphatic hydroxyl groups excluding tert-OH is 1. The molecular formula is C20H25N3O3S. The van der Waals surface area contributed by atoms with Crippen LogP contribution >= 0.6 is 11.8 Å². The second-order valence-corrected chi connectivity index (χ2v) is 7.72. The lowest BCUT2D eigenvalue weighted by Gasteiger charge is -2.13. The van der Waals surface area contributed by atoms with Crippen molar-refractivity contribution in [3.63, 3.8) is 0 Å². The molecule has 0 bridgehead atoms. The van der Waals surface area contributed by atoms with Gasteiger partial charge in [-0.1, -0.05) is 41.6 Å². The van der Waals surface area contributed by atoms with Crippen molar-refractivity contribution < 1.29 is 9.90 Å². The van der Waals surface area contributed by atoms with Crippen molar-refractivity contribution in [1.82, 2.24) is 14.9 Å². The maximum Gasteiger partial charge on any atom is 0.348 e. The van der Waals surface area contributed by atoms with Gasteiger partial charge in [-0.2, -0.15) is 4.98 Å². The van der Waals surface area contributed by atoms with Gasteiger partial charge in [-0.25, -0.2) is 4.79 Å². The summed E-state index contributed by atoms with van der Waals surface area (Å²) in [6.45, 7) is 3.07. The highest BCUT2D eigenvalue weighted by molar-refractivity contribution is 7.99. The molecule has 6 nitrogen and oxygen atoms in total. The van der Waals surface area contributed by atoms with Gasteiger partial charge in [-0.05, 0) is 38.2 Å². The first-order chi connectivity index (χ1) is 13.1. The Bertz CT molecular complexity index is 862. The number of aromatic nitrogens is 2. The lowest BCUT2D eigenvalue weighted by Crippen LogP contribution is -2.28. The first-order valence-electron chi connectivity index (χ1n) is 9.27. The lowest BCUT2D eigenvalue weighted by atomic mass is 10.1. The molecule has 1 amide bonds. The van der Waals surface area contributed by atoms with Gasteiger partial charge >= 0.3 is 5.69 Å². The van der Waals surface area contributed by atoms with E-state index in [1.165, 1.54) is 17.3 Å². The molecule has 0 saturated carbocycles. The van der Waals surface area contributed by atoms with Crippen molar-refractivity contribution in [2.75, 3.05) is 12.4 Å². The van der Waals surface area contributed by atoms with Crippen LogP contribution in [-0.2, 0) is 30.7 Å². The van der Waals surface area contributed by atoms with Gasteiger partial charge in [0.15, 0.2) is 0 Å². The molecule has 1 aliphatic carbocycles. The van der Waals surface area contributed by atoms with Gasteiger partial charge in [-0.3, -0.25) is 9.36 Å². The van der Waals surface area contributed by atoms with E-state index in [4.69, 9.17) is 5.11 Å². The number of aliphatic hydroxyl groups is 1. The zero-order valence-corrected chi connectivity index (χ0v) is 16.3. The van der Waals surface area contributed by atoms with E-state index >= 15 is 0 Å². The Morgan fingerprint density at radius 3 is 2.81 bits per heavy atom. The normalized spacial score (nSPS) is 12.8. The first kappa shape index (κ1) is 19.6. The highest BCUT2D eigenvalue weighted by atomic mass is 32.2. The molecule has 1 heterocycles. The van der Waals surface area contributed by atoms with Gasteiger partial charge in [0.05, 0.1) is 5.75 Å². The largest absolute Gasteiger partial charge is 0.396 e. The molecule has 1 aromatic heterocycles. The quantitative estimate of drug-likeness (QED) is 0.533. The van der Waals surface area contributed by atoms with Crippen LogP contribution in [0.4, 0.5) is 0 Å². The van der Waals surface area contributed by atoms with Gasteiger partial charge in [0.1, 0.15) is 5.03 Å². The van der Waals surface area contributed by atoms with Crippen LogP contribution in [0.15, 0.2) is 34.1 Å². The number of nitrogens with zero attached hydrogens (tertiary/aromatic N) is 2. The summed E-state index contributed by atoms with van der Waals surface area (Å²) in [4.78, 5) is 28.7. The molecule has 144 valence electrons. The van der Waals surface area contributed by atoms with E-state index in [0.29, 0.717) is 24.5 Å². The first-order valence-corrected chi connectivity index (χ1v) is 10.3. The number of amides is 1. The molecule has 0 saturated heterocycles. The summed E-state index contributed by atoms with van der Waals surface area (Å²) in [5.41, 5.74) is 4.07. The van der Waals surface area contributed by atoms with Crippen LogP contribution in [-0.4, -0.2) is 32.9 Å². The van der Waals surface area contributed by atoms with E-state index < -0.39 is 0 Å². The summed E-state index contributed by atoms with van der Waals surface area (Å²) in [6, 6.07) is 8.05. The summed E-state index contributed by atoms with van der Waals surface area (Å²) in [6.07, 6.45) is 3.27. The average Bonchev–Trinajstić information content (AvgIpc) is 3.15. The van der Waals surface area contributed by atoms with Crippen molar-refractivity contribution in [3.8, 4) is 0 Å². The molecule has 2 N–H and O–H groups in total. The number of aryl methyl sites for hydroxylation is 1. The fourth-order valence-corrected chi connectivity index (χ4v) is 4.16. The summed E-state index contributed by atoms with van der Waals surface area (Å²) in [5, 5.41) is 12.6. The highest BCUT2D eigenvalue weighted by Crippen LogP contribution is 2.29. The SMILES string of the molecule is Cc1ccc(CNC(=O)CSc2nc(=O)n(CCCO)c3c2CCC3)cc1. The molecule has 0 fully saturated rings. The van der Waals surface area contributed by atoms with Gasteiger partial charge in [0.25, 0.3) is 0 Å². The maximum atomic E-state index is 12.3. The number of rotatable bonds is 8. The van der Waals surface area contributed by atoms with Crippen LogP contribution in [0.1, 0.15) is 35.2 Å². The number of carbonyl (C=O) groups is 1. The number of hydrogen-bond donors (Lipinski definition) is 2. The third kappa shape index (κ3) is 4.99. The number of hydrogen-bond acceptors (Lipinski definition) is 5. The molecule has 0 spiro atoms. The smallest absolute Gasteiger partial charge is 0.348 e. The molecule has 0 radical (unpaired) electrons. The van der Waals surface area contributed by atoms with Crippen molar-refractivity contribution in [2.24, 2.45) is 0 Å². The van der Waals surface area contributed by atoms with E-state index in [0.717, 1.165) is 36.1 Å². The van der Waals surface area contributed by atoms with Gasteiger partial charge < -0.3 is 10.4 Å². The fourth-order valence-electron chi connectivity index (χ4n) is 3.26. The van der Waals surface area contributed by atoms with E-state index in [1.807, 2.05) is 31.2 Å². The molecule has 0 atom stereocenters. The number of fused-ring (bicyclic) bond motifs is 1. The number of benzene rings is 1. The van der Waals surface area contributed by atoms with Gasteiger partial charge in [0.2, 0.25) is 5.91 Å². The molecule has 0 aliphatic heterocycles. The monoisotopic (exact) mass is 387 g/mol. The van der Waals surface area contributed by atoms with Crippen LogP contribution < -0.4 is 11.0 Å². The van der Waals surface area contributed by atoms with Crippen LogP contribution in [0.25, 0.3) is 0 Å². The standard InChI is InChI=1S/C20H25N3O3S/c1-14-6-8-15(9-7-14)12-21-18(25)13-27-19-16-4-2-5-17(16)23(10-3-11-24)20(26)22-19/h6-9,24H,2-5,10-13H2,1H3,(H,21,25). The van der Waals surface area contributed by atoms with Crippen LogP contribution in [0.2, 0.25) is 0 Å². The summed E-state index contributed by atoms with van der Waals surface area (Å²) in [7, 11) is 0. The van der Waals surface area contributed by atoms with Crippen LogP contribution in [0.5, 0.6) is 0 Å². The van der Waals surface area contributed by atoms with Crippen molar-refractivity contribution >= 4 is 17.7 Å². The minimum absolute atomic E-state index is 0.0544. The van der Waals surface area contributed by atoms with Crippen LogP contribution in [0, 0.1) is 6.92 Å². The van der Waals surface area contributed by atoms with E-state index in [9.17, 15) is 9.59 Å².